The molecule has 0 fully saturated rings. The van der Waals surface area contributed by atoms with Crippen LogP contribution < -0.4 is 15.4 Å². The minimum atomic E-state index is -3.41. The molecule has 19 heavy (non-hydrogen) atoms. The molecule has 7 heteroatoms. The fourth-order valence-electron chi connectivity index (χ4n) is 1.40. The van der Waals surface area contributed by atoms with Crippen LogP contribution in [0.15, 0.2) is 29.2 Å². The first kappa shape index (κ1) is 15.5. The number of carbonyl (C=O) groups excluding carboxylic acids is 1. The van der Waals surface area contributed by atoms with Gasteiger partial charge >= 0.3 is 6.03 Å². The molecule has 1 aromatic rings. The number of benzene rings is 1. The lowest BCUT2D eigenvalue weighted by atomic mass is 10.2. The first-order valence-electron chi connectivity index (χ1n) is 5.92. The summed E-state index contributed by atoms with van der Waals surface area (Å²) in [6, 6.07) is 6.16. The highest BCUT2D eigenvalue weighted by molar-refractivity contribution is 7.89. The van der Waals surface area contributed by atoms with Crippen LogP contribution in [0.5, 0.6) is 0 Å². The topological polar surface area (TPSA) is 87.3 Å². The van der Waals surface area contributed by atoms with E-state index in [0.717, 1.165) is 5.56 Å². The van der Waals surface area contributed by atoms with Crippen LogP contribution in [-0.4, -0.2) is 27.5 Å². The van der Waals surface area contributed by atoms with Crippen LogP contribution in [0.25, 0.3) is 0 Å². The van der Waals surface area contributed by atoms with Gasteiger partial charge < -0.3 is 10.6 Å². The smallest absolute Gasteiger partial charge is 0.315 e. The number of urea groups is 1. The normalized spacial score (nSPS) is 11.4. The predicted octanol–water partition coefficient (Wildman–Crippen LogP) is 0.802. The molecular weight excluding hydrogens is 266 g/mol. The first-order chi connectivity index (χ1) is 8.85. The molecule has 1 rings (SSSR count). The van der Waals surface area contributed by atoms with Gasteiger partial charge in [-0.25, -0.2) is 17.9 Å². The van der Waals surface area contributed by atoms with Crippen molar-refractivity contribution in [3.05, 3.63) is 29.8 Å². The third-order valence-corrected chi connectivity index (χ3v) is 3.81. The van der Waals surface area contributed by atoms with E-state index in [9.17, 15) is 13.2 Å². The van der Waals surface area contributed by atoms with Gasteiger partial charge in [0.25, 0.3) is 0 Å². The molecule has 106 valence electrons. The van der Waals surface area contributed by atoms with Gasteiger partial charge in [-0.1, -0.05) is 12.1 Å². The Morgan fingerprint density at radius 1 is 1.21 bits per heavy atom. The van der Waals surface area contributed by atoms with Crippen LogP contribution in [0.4, 0.5) is 4.79 Å². The Balaban J connectivity index is 2.61. The van der Waals surface area contributed by atoms with E-state index in [1.165, 1.54) is 19.2 Å². The van der Waals surface area contributed by atoms with Gasteiger partial charge in [0.05, 0.1) is 4.90 Å². The van der Waals surface area contributed by atoms with Gasteiger partial charge in [0.1, 0.15) is 0 Å². The summed E-state index contributed by atoms with van der Waals surface area (Å²) in [5.74, 6) is 0. The monoisotopic (exact) mass is 285 g/mol. The first-order valence-corrected chi connectivity index (χ1v) is 7.40. The van der Waals surface area contributed by atoms with Crippen molar-refractivity contribution in [1.82, 2.24) is 15.4 Å². The quantitative estimate of drug-likeness (QED) is 0.748. The molecule has 0 spiro atoms. The standard InChI is InChI=1S/C12H19N3O3S/c1-9(2)15-12(16)14-8-10-4-6-11(7-5-10)19(17,18)13-3/h4-7,9,13H,8H2,1-3H3,(H2,14,15,16). The maximum Gasteiger partial charge on any atom is 0.315 e. The molecule has 0 saturated carbocycles. The lowest BCUT2D eigenvalue weighted by Gasteiger charge is -2.10. The molecule has 0 aliphatic heterocycles. The molecule has 0 aliphatic rings. The van der Waals surface area contributed by atoms with E-state index in [1.54, 1.807) is 12.1 Å². The Kier molecular flexibility index (Phi) is 5.31. The number of nitrogens with one attached hydrogen (secondary N) is 3. The molecule has 3 N–H and O–H groups in total. The van der Waals surface area contributed by atoms with Gasteiger partial charge in [0.2, 0.25) is 10.0 Å². The fraction of sp³-hybridized carbons (Fsp3) is 0.417. The zero-order chi connectivity index (χ0) is 14.5. The van der Waals surface area contributed by atoms with E-state index in [-0.39, 0.29) is 17.0 Å². The van der Waals surface area contributed by atoms with E-state index in [2.05, 4.69) is 15.4 Å². The van der Waals surface area contributed by atoms with E-state index in [1.807, 2.05) is 13.8 Å². The summed E-state index contributed by atoms with van der Waals surface area (Å²) in [6.07, 6.45) is 0. The molecule has 0 unspecified atom stereocenters. The summed E-state index contributed by atoms with van der Waals surface area (Å²) in [5.41, 5.74) is 0.828. The molecule has 0 atom stereocenters. The summed E-state index contributed by atoms with van der Waals surface area (Å²) in [5, 5.41) is 5.39. The minimum absolute atomic E-state index is 0.0724. The largest absolute Gasteiger partial charge is 0.336 e. The van der Waals surface area contributed by atoms with Crippen molar-refractivity contribution in [2.45, 2.75) is 31.3 Å². The zero-order valence-electron chi connectivity index (χ0n) is 11.2. The number of carbonyl (C=O) groups is 1. The van der Waals surface area contributed by atoms with Crippen molar-refractivity contribution < 1.29 is 13.2 Å². The summed E-state index contributed by atoms with van der Waals surface area (Å²) in [6.45, 7) is 4.09. The number of sulfonamides is 1. The van der Waals surface area contributed by atoms with Crippen LogP contribution in [0.1, 0.15) is 19.4 Å². The van der Waals surface area contributed by atoms with Gasteiger partial charge in [-0.15, -0.1) is 0 Å². The molecule has 0 heterocycles. The second kappa shape index (κ2) is 6.53. The number of hydrogen-bond acceptors (Lipinski definition) is 3. The van der Waals surface area contributed by atoms with E-state index >= 15 is 0 Å². The Bertz CT molecular complexity index is 524. The molecule has 0 bridgehead atoms. The highest BCUT2D eigenvalue weighted by atomic mass is 32.2. The van der Waals surface area contributed by atoms with Crippen molar-refractivity contribution in [3.8, 4) is 0 Å². The molecule has 6 nitrogen and oxygen atoms in total. The lowest BCUT2D eigenvalue weighted by Crippen LogP contribution is -2.39. The van der Waals surface area contributed by atoms with E-state index < -0.39 is 10.0 Å². The van der Waals surface area contributed by atoms with Crippen LogP contribution in [-0.2, 0) is 16.6 Å². The molecule has 1 aromatic carbocycles. The van der Waals surface area contributed by atoms with Crippen molar-refractivity contribution in [1.29, 1.82) is 0 Å². The average Bonchev–Trinajstić information content (AvgIpc) is 2.36. The van der Waals surface area contributed by atoms with Gasteiger partial charge in [-0.05, 0) is 38.6 Å². The van der Waals surface area contributed by atoms with Crippen LogP contribution in [0, 0.1) is 0 Å². The van der Waals surface area contributed by atoms with Gasteiger partial charge in [-0.3, -0.25) is 0 Å². The number of amides is 2. The highest BCUT2D eigenvalue weighted by Crippen LogP contribution is 2.09. The lowest BCUT2D eigenvalue weighted by molar-refractivity contribution is 0.238. The fourth-order valence-corrected chi connectivity index (χ4v) is 2.13. The molecule has 0 aromatic heterocycles. The molecule has 2 amide bonds. The van der Waals surface area contributed by atoms with E-state index in [0.29, 0.717) is 6.54 Å². The van der Waals surface area contributed by atoms with Crippen LogP contribution >= 0.6 is 0 Å². The number of hydrogen-bond donors (Lipinski definition) is 3. The second-order valence-corrected chi connectivity index (χ2v) is 6.22. The van der Waals surface area contributed by atoms with Gasteiger partial charge in [-0.2, -0.15) is 0 Å². The van der Waals surface area contributed by atoms with E-state index in [4.69, 9.17) is 0 Å². The highest BCUT2D eigenvalue weighted by Gasteiger charge is 2.10. The summed E-state index contributed by atoms with van der Waals surface area (Å²) in [4.78, 5) is 11.6. The van der Waals surface area contributed by atoms with Crippen molar-refractivity contribution in [2.75, 3.05) is 7.05 Å². The maximum absolute atomic E-state index is 11.5. The summed E-state index contributed by atoms with van der Waals surface area (Å²) < 4.78 is 25.3. The van der Waals surface area contributed by atoms with Crippen molar-refractivity contribution in [2.24, 2.45) is 0 Å². The zero-order valence-corrected chi connectivity index (χ0v) is 12.0. The SMILES string of the molecule is CNS(=O)(=O)c1ccc(CNC(=O)NC(C)C)cc1. The molecule has 0 aliphatic carbocycles. The maximum atomic E-state index is 11.5. The molecular formula is C12H19N3O3S. The number of rotatable bonds is 5. The predicted molar refractivity (Wildman–Crippen MR) is 73.2 cm³/mol. The van der Waals surface area contributed by atoms with Gasteiger partial charge in [0.15, 0.2) is 0 Å². The van der Waals surface area contributed by atoms with Crippen LogP contribution in [0.3, 0.4) is 0 Å². The minimum Gasteiger partial charge on any atom is -0.336 e. The Hall–Kier alpha value is -1.60. The Morgan fingerprint density at radius 2 is 1.79 bits per heavy atom. The van der Waals surface area contributed by atoms with Crippen molar-refractivity contribution in [3.63, 3.8) is 0 Å². The van der Waals surface area contributed by atoms with Gasteiger partial charge in [0, 0.05) is 12.6 Å². The Labute approximate surface area is 113 Å². The third kappa shape index (κ3) is 4.88. The summed E-state index contributed by atoms with van der Waals surface area (Å²) in [7, 11) is -2.05. The molecule has 0 radical (unpaired) electrons. The Morgan fingerprint density at radius 3 is 2.26 bits per heavy atom. The second-order valence-electron chi connectivity index (χ2n) is 4.33. The van der Waals surface area contributed by atoms with Crippen molar-refractivity contribution >= 4 is 16.1 Å². The summed E-state index contributed by atoms with van der Waals surface area (Å²) >= 11 is 0. The van der Waals surface area contributed by atoms with Crippen LogP contribution in [0.2, 0.25) is 0 Å². The average molecular weight is 285 g/mol. The molecule has 0 saturated heterocycles. The third-order valence-electron chi connectivity index (χ3n) is 2.38.